The third-order valence-electron chi connectivity index (χ3n) is 7.98. The van der Waals surface area contributed by atoms with Gasteiger partial charge in [-0.3, -0.25) is 13.9 Å². The molecule has 234 valence electrons. The van der Waals surface area contributed by atoms with Gasteiger partial charge >= 0.3 is 0 Å². The predicted molar refractivity (Wildman–Crippen MR) is 176 cm³/mol. The van der Waals surface area contributed by atoms with E-state index in [-0.39, 0.29) is 41.1 Å². The summed E-state index contributed by atoms with van der Waals surface area (Å²) in [6, 6.07) is 28.9. The lowest BCUT2D eigenvalue weighted by Gasteiger charge is -2.34. The average Bonchev–Trinajstić information content (AvgIpc) is 3.56. The van der Waals surface area contributed by atoms with Gasteiger partial charge in [0.15, 0.2) is 0 Å². The highest BCUT2D eigenvalue weighted by Gasteiger charge is 2.36. The van der Waals surface area contributed by atoms with E-state index in [2.05, 4.69) is 21.2 Å². The second-order valence-corrected chi connectivity index (χ2v) is 13.9. The minimum absolute atomic E-state index is 0.0123. The highest BCUT2D eigenvalue weighted by atomic mass is 79.9. The molecule has 0 aromatic heterocycles. The number of benzene rings is 4. The molecule has 1 aliphatic rings. The number of halogens is 2. The quantitative estimate of drug-likeness (QED) is 0.184. The summed E-state index contributed by atoms with van der Waals surface area (Å²) in [5, 5.41) is 3.12. The van der Waals surface area contributed by atoms with Crippen molar-refractivity contribution in [3.8, 4) is 0 Å². The van der Waals surface area contributed by atoms with Crippen LogP contribution in [-0.4, -0.2) is 43.8 Å². The molecule has 1 aliphatic carbocycles. The molecule has 2 amide bonds. The highest BCUT2D eigenvalue weighted by molar-refractivity contribution is 9.10. The van der Waals surface area contributed by atoms with Crippen molar-refractivity contribution in [3.63, 3.8) is 0 Å². The highest BCUT2D eigenvalue weighted by Crippen LogP contribution is 2.28. The molecule has 1 saturated carbocycles. The van der Waals surface area contributed by atoms with E-state index in [1.54, 1.807) is 60.7 Å². The van der Waals surface area contributed by atoms with Gasteiger partial charge in [-0.05, 0) is 54.8 Å². The maximum atomic E-state index is 15.1. The summed E-state index contributed by atoms with van der Waals surface area (Å²) in [5.74, 6) is -1.51. The van der Waals surface area contributed by atoms with Gasteiger partial charge in [0.2, 0.25) is 11.8 Å². The van der Waals surface area contributed by atoms with E-state index in [1.807, 2.05) is 30.3 Å². The molecule has 0 aliphatic heterocycles. The molecule has 0 saturated heterocycles. The van der Waals surface area contributed by atoms with Crippen LogP contribution in [0.1, 0.15) is 36.8 Å². The molecular weight excluding hydrogens is 657 g/mol. The van der Waals surface area contributed by atoms with E-state index in [4.69, 9.17) is 0 Å². The van der Waals surface area contributed by atoms with Crippen molar-refractivity contribution in [3.05, 3.63) is 131 Å². The van der Waals surface area contributed by atoms with Gasteiger partial charge < -0.3 is 10.2 Å². The fourth-order valence-corrected chi connectivity index (χ4v) is 7.43. The Morgan fingerprint density at radius 3 is 2.18 bits per heavy atom. The summed E-state index contributed by atoms with van der Waals surface area (Å²) >= 11 is 3.41. The number of anilines is 1. The number of carbonyl (C=O) groups is 2. The Morgan fingerprint density at radius 2 is 1.51 bits per heavy atom. The normalized spacial score (nSPS) is 14.1. The average molecular weight is 693 g/mol. The molecule has 4 aromatic carbocycles. The van der Waals surface area contributed by atoms with E-state index in [9.17, 15) is 18.0 Å². The van der Waals surface area contributed by atoms with Gasteiger partial charge in [-0.15, -0.1) is 0 Å². The van der Waals surface area contributed by atoms with Gasteiger partial charge in [0.1, 0.15) is 18.4 Å². The number of sulfonamides is 1. The zero-order valence-corrected chi connectivity index (χ0v) is 27.1. The first kappa shape index (κ1) is 32.4. The maximum absolute atomic E-state index is 15.1. The lowest BCUT2D eigenvalue weighted by molar-refractivity contribution is -0.140. The van der Waals surface area contributed by atoms with Crippen LogP contribution in [0.15, 0.2) is 119 Å². The van der Waals surface area contributed by atoms with Crippen LogP contribution in [0, 0.1) is 5.82 Å². The Kier molecular flexibility index (Phi) is 10.7. The van der Waals surface area contributed by atoms with Gasteiger partial charge in [0.25, 0.3) is 10.0 Å². The van der Waals surface area contributed by atoms with Crippen molar-refractivity contribution in [2.24, 2.45) is 0 Å². The molecule has 1 atom stereocenters. The van der Waals surface area contributed by atoms with Crippen molar-refractivity contribution in [1.29, 1.82) is 0 Å². The fourth-order valence-electron chi connectivity index (χ4n) is 5.61. The molecule has 45 heavy (non-hydrogen) atoms. The molecule has 1 fully saturated rings. The zero-order valence-electron chi connectivity index (χ0n) is 24.7. The molecule has 1 N–H and O–H groups in total. The van der Waals surface area contributed by atoms with Crippen LogP contribution in [-0.2, 0) is 32.6 Å². The van der Waals surface area contributed by atoms with Crippen LogP contribution in [0.25, 0.3) is 0 Å². The van der Waals surface area contributed by atoms with Crippen molar-refractivity contribution in [2.75, 3.05) is 10.8 Å². The SMILES string of the molecule is O=C(NC1CCCC1)[C@H](Cc1ccccc1)N(Cc1ccccc1F)C(=O)CN(c1cccc(Br)c1)S(=O)(=O)c1ccccc1. The van der Waals surface area contributed by atoms with Crippen molar-refractivity contribution in [1.82, 2.24) is 10.2 Å². The molecule has 0 heterocycles. The largest absolute Gasteiger partial charge is 0.352 e. The summed E-state index contributed by atoms with van der Waals surface area (Å²) in [6.45, 7) is -0.830. The molecular formula is C35H35BrFN3O4S. The van der Waals surface area contributed by atoms with E-state index >= 15 is 4.39 Å². The molecule has 0 spiro atoms. The number of rotatable bonds is 12. The number of nitrogens with one attached hydrogen (secondary N) is 1. The standard InChI is InChI=1S/C35H35BrFN3O4S/c36-28-15-11-18-30(23-28)40(45(43,44)31-19-5-2-6-20-31)25-34(41)39(24-27-14-7-10-21-32(27)37)33(22-26-12-3-1-4-13-26)35(42)38-29-16-8-9-17-29/h1-7,10-15,18-21,23,29,33H,8-9,16-17,22,24-25H2,(H,38,42)/t33-/m0/s1. The van der Waals surface area contributed by atoms with Crippen LogP contribution < -0.4 is 9.62 Å². The van der Waals surface area contributed by atoms with Crippen LogP contribution >= 0.6 is 15.9 Å². The first-order valence-electron chi connectivity index (χ1n) is 14.9. The van der Waals surface area contributed by atoms with Crippen LogP contribution in [0.4, 0.5) is 10.1 Å². The predicted octanol–water partition coefficient (Wildman–Crippen LogP) is 6.48. The third-order valence-corrected chi connectivity index (χ3v) is 10.3. The molecule has 0 unspecified atom stereocenters. The molecule has 0 radical (unpaired) electrons. The topological polar surface area (TPSA) is 86.8 Å². The first-order valence-corrected chi connectivity index (χ1v) is 17.2. The molecule has 4 aromatic rings. The monoisotopic (exact) mass is 691 g/mol. The molecule has 10 heteroatoms. The van der Waals surface area contributed by atoms with Crippen LogP contribution in [0.2, 0.25) is 0 Å². The van der Waals surface area contributed by atoms with E-state index in [1.165, 1.54) is 23.1 Å². The molecule has 5 rings (SSSR count). The summed E-state index contributed by atoms with van der Waals surface area (Å²) in [6.07, 6.45) is 3.87. The summed E-state index contributed by atoms with van der Waals surface area (Å²) < 4.78 is 44.8. The van der Waals surface area contributed by atoms with E-state index in [0.717, 1.165) is 35.6 Å². The number of hydrogen-bond acceptors (Lipinski definition) is 4. The van der Waals surface area contributed by atoms with Gasteiger partial charge in [0, 0.05) is 29.0 Å². The van der Waals surface area contributed by atoms with E-state index < -0.39 is 34.3 Å². The molecule has 7 nitrogen and oxygen atoms in total. The van der Waals surface area contributed by atoms with Gasteiger partial charge in [0.05, 0.1) is 10.6 Å². The number of carbonyl (C=O) groups excluding carboxylic acids is 2. The Labute approximate surface area is 272 Å². The van der Waals surface area contributed by atoms with Gasteiger partial charge in [-0.25, -0.2) is 12.8 Å². The smallest absolute Gasteiger partial charge is 0.264 e. The second-order valence-electron chi connectivity index (χ2n) is 11.1. The number of hydrogen-bond donors (Lipinski definition) is 1. The Balaban J connectivity index is 1.57. The van der Waals surface area contributed by atoms with Crippen molar-refractivity contribution < 1.29 is 22.4 Å². The lowest BCUT2D eigenvalue weighted by atomic mass is 10.0. The number of nitrogens with zero attached hydrogens (tertiary/aromatic N) is 2. The number of amides is 2. The molecule has 0 bridgehead atoms. The van der Waals surface area contributed by atoms with Gasteiger partial charge in [-0.1, -0.05) is 102 Å². The van der Waals surface area contributed by atoms with Crippen molar-refractivity contribution in [2.45, 2.75) is 55.6 Å². The summed E-state index contributed by atoms with van der Waals surface area (Å²) in [7, 11) is -4.21. The first-order chi connectivity index (χ1) is 21.7. The van der Waals surface area contributed by atoms with Crippen LogP contribution in [0.3, 0.4) is 0 Å². The fraction of sp³-hybridized carbons (Fsp3) is 0.257. The summed E-state index contributed by atoms with van der Waals surface area (Å²) in [5.41, 5.74) is 1.30. The minimum Gasteiger partial charge on any atom is -0.352 e. The Morgan fingerprint density at radius 1 is 0.867 bits per heavy atom. The minimum atomic E-state index is -4.21. The van der Waals surface area contributed by atoms with Crippen LogP contribution in [0.5, 0.6) is 0 Å². The zero-order chi connectivity index (χ0) is 31.8. The lowest BCUT2D eigenvalue weighted by Crippen LogP contribution is -2.54. The Hall–Kier alpha value is -4.02. The second kappa shape index (κ2) is 14.8. The summed E-state index contributed by atoms with van der Waals surface area (Å²) in [4.78, 5) is 29.8. The third kappa shape index (κ3) is 8.18. The van der Waals surface area contributed by atoms with Gasteiger partial charge in [-0.2, -0.15) is 0 Å². The van der Waals surface area contributed by atoms with Crippen molar-refractivity contribution >= 4 is 43.5 Å². The Bertz CT molecular complexity index is 1720. The maximum Gasteiger partial charge on any atom is 0.264 e. The van der Waals surface area contributed by atoms with E-state index in [0.29, 0.717) is 4.47 Å².